The van der Waals surface area contributed by atoms with Crippen LogP contribution >= 0.6 is 23.5 Å². The first kappa shape index (κ1) is 37.0. The number of hydrogen-bond acceptors (Lipinski definition) is 7. The van der Waals surface area contributed by atoms with E-state index in [0.29, 0.717) is 25.3 Å². The van der Waals surface area contributed by atoms with Gasteiger partial charge in [0.15, 0.2) is 0 Å². The molecule has 0 fully saturated rings. The van der Waals surface area contributed by atoms with Crippen LogP contribution < -0.4 is 16.0 Å². The molecule has 0 spiro atoms. The fraction of sp³-hybridized carbons (Fsp3) is 0.417. The van der Waals surface area contributed by atoms with E-state index in [2.05, 4.69) is 52.3 Å². The molecule has 3 amide bonds. The van der Waals surface area contributed by atoms with E-state index >= 15 is 0 Å². The second-order valence-corrected chi connectivity index (χ2v) is 14.4. The molecule has 0 radical (unpaired) electrons. The Morgan fingerprint density at radius 3 is 1.70 bits per heavy atom. The molecule has 0 unspecified atom stereocenters. The molecule has 0 aliphatic carbocycles. The molecule has 3 aromatic carbocycles. The summed E-state index contributed by atoms with van der Waals surface area (Å²) in [4.78, 5) is 42.3. The number of amides is 3. The van der Waals surface area contributed by atoms with Gasteiger partial charge in [-0.2, -0.15) is 11.8 Å². The summed E-state index contributed by atoms with van der Waals surface area (Å²) in [6.07, 6.45) is 1.71. The normalized spacial score (nSPS) is 13.0. The number of carbonyl (C=O) groups is 3. The minimum absolute atomic E-state index is 0.196. The number of benzene rings is 3. The minimum atomic E-state index is -0.998. The zero-order chi connectivity index (χ0) is 33.6. The van der Waals surface area contributed by atoms with Gasteiger partial charge < -0.3 is 25.6 Å². The van der Waals surface area contributed by atoms with Crippen molar-refractivity contribution < 1.29 is 19.1 Å². The molecular formula is C36H48N4O4S2. The number of nitrogens with zero attached hydrogens (tertiary/aromatic N) is 1. The molecule has 2 atom stereocenters. The zero-order valence-corrected chi connectivity index (χ0v) is 29.4. The lowest BCUT2D eigenvalue weighted by Crippen LogP contribution is -2.55. The number of hydrogen-bond donors (Lipinski definition) is 3. The Morgan fingerprint density at radius 2 is 1.26 bits per heavy atom. The summed E-state index contributed by atoms with van der Waals surface area (Å²) in [7, 11) is 3.87. The maximum absolute atomic E-state index is 14.0. The first-order valence-corrected chi connectivity index (χ1v) is 17.9. The lowest BCUT2D eigenvalue weighted by Gasteiger charge is -2.36. The first-order valence-electron chi connectivity index (χ1n) is 15.5. The van der Waals surface area contributed by atoms with Crippen LogP contribution in [0.15, 0.2) is 91.0 Å². The Kier molecular flexibility index (Phi) is 14.5. The number of likely N-dealkylation sites (N-methyl/N-ethyl adjacent to an activating group) is 1. The van der Waals surface area contributed by atoms with Crippen LogP contribution in [0.1, 0.15) is 43.9 Å². The average molecular weight is 665 g/mol. The van der Waals surface area contributed by atoms with E-state index in [1.165, 1.54) is 0 Å². The molecule has 3 aromatic rings. The standard InChI is InChI=1S/C36H48N4O4S2/c1-35(2,3)44-34(43)39-31(33(42)38-30(22-25-45-6)32(41)37-23-24-40(4)5)26-46-36(27-16-10-7-11-17-27,28-18-12-8-13-19-28)29-20-14-9-15-21-29/h7-21,30-31H,22-26H2,1-6H3,(H,37,41)(H,38,42)(H,39,43)/t30-,31-/m0/s1. The van der Waals surface area contributed by atoms with Crippen LogP contribution in [0.4, 0.5) is 4.79 Å². The smallest absolute Gasteiger partial charge is 0.408 e. The predicted octanol–water partition coefficient (Wildman–Crippen LogP) is 5.52. The van der Waals surface area contributed by atoms with Crippen molar-refractivity contribution in [3.8, 4) is 0 Å². The highest BCUT2D eigenvalue weighted by Gasteiger charge is 2.39. The van der Waals surface area contributed by atoms with Crippen LogP contribution in [0.5, 0.6) is 0 Å². The predicted molar refractivity (Wildman–Crippen MR) is 191 cm³/mol. The first-order chi connectivity index (χ1) is 22.0. The minimum Gasteiger partial charge on any atom is -0.444 e. The van der Waals surface area contributed by atoms with Gasteiger partial charge >= 0.3 is 6.09 Å². The van der Waals surface area contributed by atoms with Crippen molar-refractivity contribution in [2.24, 2.45) is 0 Å². The summed E-state index contributed by atoms with van der Waals surface area (Å²) < 4.78 is 4.86. The Labute approximate surface area is 282 Å². The summed E-state index contributed by atoms with van der Waals surface area (Å²) >= 11 is 3.16. The van der Waals surface area contributed by atoms with Gasteiger partial charge in [0.05, 0.1) is 4.75 Å². The molecule has 46 heavy (non-hydrogen) atoms. The lowest BCUT2D eigenvalue weighted by molar-refractivity contribution is -0.129. The number of alkyl carbamates (subject to hydrolysis) is 1. The van der Waals surface area contributed by atoms with Gasteiger partial charge in [0.25, 0.3) is 0 Å². The molecule has 3 N–H and O–H groups in total. The molecule has 0 bridgehead atoms. The maximum atomic E-state index is 14.0. The summed E-state index contributed by atoms with van der Waals surface area (Å²) in [5.74, 6) is 0.182. The van der Waals surface area contributed by atoms with Crippen molar-refractivity contribution in [2.45, 2.75) is 49.6 Å². The summed E-state index contributed by atoms with van der Waals surface area (Å²) in [6.45, 7) is 6.46. The number of nitrogens with one attached hydrogen (secondary N) is 3. The third-order valence-corrected chi connectivity index (χ3v) is 9.40. The Morgan fingerprint density at radius 1 is 0.761 bits per heavy atom. The largest absolute Gasteiger partial charge is 0.444 e. The summed E-state index contributed by atoms with van der Waals surface area (Å²) in [5, 5.41) is 8.71. The van der Waals surface area contributed by atoms with Gasteiger partial charge in [0.2, 0.25) is 11.8 Å². The van der Waals surface area contributed by atoms with Crippen LogP contribution in [0.3, 0.4) is 0 Å². The van der Waals surface area contributed by atoms with Gasteiger partial charge in [-0.1, -0.05) is 91.0 Å². The highest BCUT2D eigenvalue weighted by Crippen LogP contribution is 2.48. The van der Waals surface area contributed by atoms with E-state index in [0.717, 1.165) is 16.7 Å². The highest BCUT2D eigenvalue weighted by molar-refractivity contribution is 8.00. The monoisotopic (exact) mass is 664 g/mol. The van der Waals surface area contributed by atoms with Gasteiger partial charge in [-0.15, -0.1) is 11.8 Å². The molecule has 3 rings (SSSR count). The number of rotatable bonds is 16. The molecule has 0 aromatic heterocycles. The number of ether oxygens (including phenoxy) is 1. The second kappa shape index (κ2) is 18.0. The molecule has 0 saturated carbocycles. The number of carbonyl (C=O) groups excluding carboxylic acids is 3. The van der Waals surface area contributed by atoms with Crippen molar-refractivity contribution in [3.63, 3.8) is 0 Å². The van der Waals surface area contributed by atoms with Gasteiger partial charge in [0, 0.05) is 18.8 Å². The van der Waals surface area contributed by atoms with E-state index < -0.39 is 34.4 Å². The van der Waals surface area contributed by atoms with Crippen LogP contribution in [-0.4, -0.2) is 85.4 Å². The van der Waals surface area contributed by atoms with Crippen molar-refractivity contribution in [1.82, 2.24) is 20.9 Å². The topological polar surface area (TPSA) is 99.8 Å². The quantitative estimate of drug-likeness (QED) is 0.174. The molecule has 0 heterocycles. The Balaban J connectivity index is 2.00. The van der Waals surface area contributed by atoms with Crippen molar-refractivity contribution in [1.29, 1.82) is 0 Å². The highest BCUT2D eigenvalue weighted by atomic mass is 32.2. The van der Waals surface area contributed by atoms with Gasteiger partial charge in [-0.3, -0.25) is 9.59 Å². The fourth-order valence-corrected chi connectivity index (χ4v) is 6.94. The van der Waals surface area contributed by atoms with Crippen molar-refractivity contribution >= 4 is 41.4 Å². The van der Waals surface area contributed by atoms with Gasteiger partial charge in [-0.05, 0) is 70.0 Å². The molecule has 8 nitrogen and oxygen atoms in total. The van der Waals surface area contributed by atoms with Gasteiger partial charge in [0.1, 0.15) is 17.7 Å². The van der Waals surface area contributed by atoms with Crippen LogP contribution in [0.25, 0.3) is 0 Å². The molecule has 10 heteroatoms. The molecule has 248 valence electrons. The van der Waals surface area contributed by atoms with Crippen molar-refractivity contribution in [2.75, 3.05) is 44.9 Å². The third kappa shape index (κ3) is 11.1. The molecule has 0 aliphatic heterocycles. The lowest BCUT2D eigenvalue weighted by atomic mass is 9.84. The Bertz CT molecular complexity index is 1270. The van der Waals surface area contributed by atoms with Crippen LogP contribution in [-0.2, 0) is 19.1 Å². The second-order valence-electron chi connectivity index (χ2n) is 12.2. The number of thioether (sulfide) groups is 2. The van der Waals surface area contributed by atoms with E-state index in [4.69, 9.17) is 4.74 Å². The van der Waals surface area contributed by atoms with E-state index in [1.807, 2.05) is 79.8 Å². The Hall–Kier alpha value is -3.47. The fourth-order valence-electron chi connectivity index (χ4n) is 4.91. The van der Waals surface area contributed by atoms with E-state index in [1.54, 1.807) is 44.3 Å². The zero-order valence-electron chi connectivity index (χ0n) is 27.7. The summed E-state index contributed by atoms with van der Waals surface area (Å²) in [6, 6.07) is 28.7. The third-order valence-electron chi connectivity index (χ3n) is 7.12. The molecular weight excluding hydrogens is 617 g/mol. The molecule has 0 aliphatic rings. The average Bonchev–Trinajstić information content (AvgIpc) is 3.03. The van der Waals surface area contributed by atoms with Crippen LogP contribution in [0, 0.1) is 0 Å². The maximum Gasteiger partial charge on any atom is 0.408 e. The SMILES string of the molecule is CSCC[C@H](NC(=O)[C@H](CSC(c1ccccc1)(c1ccccc1)c1ccccc1)NC(=O)OC(C)(C)C)C(=O)NCCN(C)C. The van der Waals surface area contributed by atoms with Crippen LogP contribution in [0.2, 0.25) is 0 Å². The van der Waals surface area contributed by atoms with Gasteiger partial charge in [-0.25, -0.2) is 4.79 Å². The van der Waals surface area contributed by atoms with Crippen molar-refractivity contribution in [3.05, 3.63) is 108 Å². The van der Waals surface area contributed by atoms with E-state index in [9.17, 15) is 14.4 Å². The summed E-state index contributed by atoms with van der Waals surface area (Å²) in [5.41, 5.74) is 2.35. The molecule has 0 saturated heterocycles. The van der Waals surface area contributed by atoms with E-state index in [-0.39, 0.29) is 11.7 Å².